The van der Waals surface area contributed by atoms with Gasteiger partial charge in [0.2, 0.25) is 0 Å². The fourth-order valence-electron chi connectivity index (χ4n) is 2.22. The molecule has 4 heteroatoms. The van der Waals surface area contributed by atoms with Crippen molar-refractivity contribution in [1.82, 2.24) is 0 Å². The van der Waals surface area contributed by atoms with Gasteiger partial charge in [-0.1, -0.05) is 19.4 Å². The van der Waals surface area contributed by atoms with E-state index in [4.69, 9.17) is 4.74 Å². The van der Waals surface area contributed by atoms with Crippen molar-refractivity contribution < 1.29 is 18.3 Å². The van der Waals surface area contributed by atoms with Gasteiger partial charge in [0.05, 0.1) is 12.5 Å². The maximum atomic E-state index is 12.0. The van der Waals surface area contributed by atoms with Crippen molar-refractivity contribution in [2.45, 2.75) is 51.9 Å². The van der Waals surface area contributed by atoms with Crippen LogP contribution in [0.25, 0.3) is 0 Å². The third-order valence-corrected chi connectivity index (χ3v) is 3.38. The van der Waals surface area contributed by atoms with E-state index >= 15 is 0 Å². The molecule has 1 rings (SSSR count). The van der Waals surface area contributed by atoms with Gasteiger partial charge in [-0.15, -0.1) is 0 Å². The number of halogens is 2. The first-order valence-electron chi connectivity index (χ1n) is 6.76. The molecule has 0 radical (unpaired) electrons. The number of rotatable bonds is 6. The zero-order valence-electron chi connectivity index (χ0n) is 10.9. The highest BCUT2D eigenvalue weighted by Gasteiger charge is 2.26. The summed E-state index contributed by atoms with van der Waals surface area (Å²) < 4.78 is 29.2. The molecule has 18 heavy (non-hydrogen) atoms. The summed E-state index contributed by atoms with van der Waals surface area (Å²) in [6.07, 6.45) is 5.19. The Bertz CT molecular complexity index is 269. The molecule has 0 bridgehead atoms. The van der Waals surface area contributed by atoms with E-state index in [2.05, 4.69) is 0 Å². The van der Waals surface area contributed by atoms with Crippen LogP contribution in [0.1, 0.15) is 45.4 Å². The molecule has 0 atom stereocenters. The standard InChI is InChI=1S/C14H22F2O2/c1-2-3-10-18-14(17)12-7-4-11(5-8-12)6-9-13(15)16/h6,9,11-13H,2-5,7-8,10H2,1H3/b9-6+. The third-order valence-electron chi connectivity index (χ3n) is 3.38. The summed E-state index contributed by atoms with van der Waals surface area (Å²) >= 11 is 0. The first-order chi connectivity index (χ1) is 8.63. The zero-order valence-corrected chi connectivity index (χ0v) is 10.9. The molecule has 0 aliphatic heterocycles. The summed E-state index contributed by atoms with van der Waals surface area (Å²) in [5, 5.41) is 0. The lowest BCUT2D eigenvalue weighted by molar-refractivity contribution is -0.149. The maximum absolute atomic E-state index is 12.0. The average molecular weight is 260 g/mol. The highest BCUT2D eigenvalue weighted by molar-refractivity contribution is 5.72. The van der Waals surface area contributed by atoms with Crippen molar-refractivity contribution in [2.75, 3.05) is 6.61 Å². The lowest BCUT2D eigenvalue weighted by Gasteiger charge is -2.25. The number of allylic oxidation sites excluding steroid dienone is 2. The van der Waals surface area contributed by atoms with E-state index in [0.717, 1.165) is 44.6 Å². The maximum Gasteiger partial charge on any atom is 0.308 e. The van der Waals surface area contributed by atoms with Gasteiger partial charge in [0.25, 0.3) is 6.43 Å². The molecule has 0 unspecified atom stereocenters. The molecule has 0 N–H and O–H groups in total. The van der Waals surface area contributed by atoms with Crippen LogP contribution < -0.4 is 0 Å². The Morgan fingerprint density at radius 1 is 1.33 bits per heavy atom. The van der Waals surface area contributed by atoms with Crippen LogP contribution in [0.4, 0.5) is 8.78 Å². The Hall–Kier alpha value is -0.930. The van der Waals surface area contributed by atoms with E-state index in [-0.39, 0.29) is 17.8 Å². The predicted octanol–water partition coefficient (Wildman–Crippen LogP) is 3.96. The summed E-state index contributed by atoms with van der Waals surface area (Å²) in [5.74, 6) is 0.0523. The van der Waals surface area contributed by atoms with Gasteiger partial charge in [-0.05, 0) is 44.1 Å². The second-order valence-corrected chi connectivity index (χ2v) is 4.85. The van der Waals surface area contributed by atoms with Crippen LogP contribution in [0, 0.1) is 11.8 Å². The second-order valence-electron chi connectivity index (χ2n) is 4.85. The topological polar surface area (TPSA) is 26.3 Å². The fraction of sp³-hybridized carbons (Fsp3) is 0.786. The fourth-order valence-corrected chi connectivity index (χ4v) is 2.22. The molecule has 0 amide bonds. The monoisotopic (exact) mass is 260 g/mol. The average Bonchev–Trinajstić information content (AvgIpc) is 2.37. The smallest absolute Gasteiger partial charge is 0.308 e. The van der Waals surface area contributed by atoms with Gasteiger partial charge in [0, 0.05) is 0 Å². The number of carbonyl (C=O) groups excluding carboxylic acids is 1. The quantitative estimate of drug-likeness (QED) is 0.410. The van der Waals surface area contributed by atoms with Crippen LogP contribution in [0.15, 0.2) is 12.2 Å². The number of hydrogen-bond donors (Lipinski definition) is 0. The minimum absolute atomic E-state index is 0.0296. The lowest BCUT2D eigenvalue weighted by atomic mass is 9.82. The Kier molecular flexibility index (Phi) is 6.91. The van der Waals surface area contributed by atoms with E-state index in [1.807, 2.05) is 6.92 Å². The first-order valence-corrected chi connectivity index (χ1v) is 6.76. The third kappa shape index (κ3) is 5.61. The number of alkyl halides is 2. The molecule has 2 nitrogen and oxygen atoms in total. The number of esters is 1. The number of ether oxygens (including phenoxy) is 1. The SMILES string of the molecule is CCCCOC(=O)C1CCC(/C=C/C(F)F)CC1. The van der Waals surface area contributed by atoms with E-state index in [9.17, 15) is 13.6 Å². The summed E-state index contributed by atoms with van der Waals surface area (Å²) in [7, 11) is 0. The summed E-state index contributed by atoms with van der Waals surface area (Å²) in [6, 6.07) is 0. The van der Waals surface area contributed by atoms with Gasteiger partial charge in [-0.3, -0.25) is 4.79 Å². The molecular weight excluding hydrogens is 238 g/mol. The van der Waals surface area contributed by atoms with E-state index in [1.165, 1.54) is 0 Å². The normalized spacial score (nSPS) is 24.7. The molecule has 1 aliphatic rings. The Balaban J connectivity index is 2.24. The molecular formula is C14H22F2O2. The molecule has 0 aromatic rings. The van der Waals surface area contributed by atoms with Crippen molar-refractivity contribution >= 4 is 5.97 Å². The van der Waals surface area contributed by atoms with Crippen LogP contribution >= 0.6 is 0 Å². The van der Waals surface area contributed by atoms with Gasteiger partial charge in [0.1, 0.15) is 0 Å². The van der Waals surface area contributed by atoms with Crippen LogP contribution in [0.2, 0.25) is 0 Å². The van der Waals surface area contributed by atoms with Gasteiger partial charge >= 0.3 is 5.97 Å². The Labute approximate surface area is 107 Å². The molecule has 0 spiro atoms. The predicted molar refractivity (Wildman–Crippen MR) is 66.5 cm³/mol. The number of carbonyl (C=O) groups is 1. The highest BCUT2D eigenvalue weighted by Crippen LogP contribution is 2.30. The van der Waals surface area contributed by atoms with Crippen LogP contribution in [0.3, 0.4) is 0 Å². The van der Waals surface area contributed by atoms with Crippen LogP contribution in [-0.2, 0) is 9.53 Å². The van der Waals surface area contributed by atoms with Crippen molar-refractivity contribution in [1.29, 1.82) is 0 Å². The zero-order chi connectivity index (χ0) is 13.4. The molecule has 0 aromatic heterocycles. The Morgan fingerprint density at radius 3 is 2.56 bits per heavy atom. The largest absolute Gasteiger partial charge is 0.465 e. The number of unbranched alkanes of at least 4 members (excludes halogenated alkanes) is 1. The first kappa shape index (κ1) is 15.1. The summed E-state index contributed by atoms with van der Waals surface area (Å²) in [5.41, 5.74) is 0. The van der Waals surface area contributed by atoms with Gasteiger partial charge in [-0.2, -0.15) is 0 Å². The van der Waals surface area contributed by atoms with Crippen LogP contribution in [0.5, 0.6) is 0 Å². The molecule has 0 heterocycles. The minimum Gasteiger partial charge on any atom is -0.465 e. The van der Waals surface area contributed by atoms with E-state index in [0.29, 0.717) is 6.61 Å². The van der Waals surface area contributed by atoms with Gasteiger partial charge in [0.15, 0.2) is 0 Å². The summed E-state index contributed by atoms with van der Waals surface area (Å²) in [4.78, 5) is 11.7. The minimum atomic E-state index is -2.37. The van der Waals surface area contributed by atoms with Crippen molar-refractivity contribution in [3.8, 4) is 0 Å². The van der Waals surface area contributed by atoms with Crippen LogP contribution in [-0.4, -0.2) is 19.0 Å². The lowest BCUT2D eigenvalue weighted by Crippen LogP contribution is -2.23. The van der Waals surface area contributed by atoms with E-state index in [1.54, 1.807) is 6.08 Å². The van der Waals surface area contributed by atoms with Gasteiger partial charge in [-0.25, -0.2) is 8.78 Å². The molecule has 1 fully saturated rings. The number of hydrogen-bond acceptors (Lipinski definition) is 2. The van der Waals surface area contributed by atoms with Gasteiger partial charge < -0.3 is 4.74 Å². The molecule has 0 aromatic carbocycles. The molecule has 1 aliphatic carbocycles. The molecule has 104 valence electrons. The highest BCUT2D eigenvalue weighted by atomic mass is 19.3. The molecule has 1 saturated carbocycles. The van der Waals surface area contributed by atoms with E-state index < -0.39 is 6.43 Å². The van der Waals surface area contributed by atoms with Crippen molar-refractivity contribution in [2.24, 2.45) is 11.8 Å². The second kappa shape index (κ2) is 8.22. The van der Waals surface area contributed by atoms with Crippen molar-refractivity contribution in [3.63, 3.8) is 0 Å². The van der Waals surface area contributed by atoms with Crippen molar-refractivity contribution in [3.05, 3.63) is 12.2 Å². The summed E-state index contributed by atoms with van der Waals surface area (Å²) in [6.45, 7) is 2.55. The molecule has 0 saturated heterocycles. The Morgan fingerprint density at radius 2 is 2.00 bits per heavy atom.